The number of nitrogens with one attached hydrogen (secondary N) is 2. The van der Waals surface area contributed by atoms with Gasteiger partial charge < -0.3 is 15.5 Å². The van der Waals surface area contributed by atoms with Crippen LogP contribution in [-0.4, -0.2) is 48.2 Å². The van der Waals surface area contributed by atoms with Gasteiger partial charge in [0.1, 0.15) is 0 Å². The Kier molecular flexibility index (Phi) is 7.09. The number of anilines is 2. The van der Waals surface area contributed by atoms with Crippen LogP contribution in [0.15, 0.2) is 30.3 Å². The molecule has 0 fully saturated rings. The van der Waals surface area contributed by atoms with Crippen molar-refractivity contribution in [1.82, 2.24) is 20.4 Å². The minimum atomic E-state index is -0.193. The predicted octanol–water partition coefficient (Wildman–Crippen LogP) is 3.33. The summed E-state index contributed by atoms with van der Waals surface area (Å²) in [6.07, 6.45) is 0.900. The standard InChI is InChI=1S/C20H29N5O/c1-14(2)16-9-6-8-15(3)19(16)22-18-11-10-17(23-24-18)20(26)21-12-7-13-25(4)5/h6,8-11,14H,7,12-13H2,1-5H3,(H,21,26)(H,22,24). The Morgan fingerprint density at radius 1 is 1.15 bits per heavy atom. The molecule has 0 saturated heterocycles. The number of rotatable bonds is 8. The predicted molar refractivity (Wildman–Crippen MR) is 106 cm³/mol. The summed E-state index contributed by atoms with van der Waals surface area (Å²) in [5.74, 6) is 0.838. The minimum Gasteiger partial charge on any atom is -0.351 e. The van der Waals surface area contributed by atoms with E-state index in [9.17, 15) is 4.79 Å². The summed E-state index contributed by atoms with van der Waals surface area (Å²) in [7, 11) is 4.02. The monoisotopic (exact) mass is 355 g/mol. The summed E-state index contributed by atoms with van der Waals surface area (Å²) in [4.78, 5) is 14.2. The zero-order valence-electron chi connectivity index (χ0n) is 16.3. The highest BCUT2D eigenvalue weighted by atomic mass is 16.1. The Morgan fingerprint density at radius 3 is 2.54 bits per heavy atom. The third-order valence-electron chi connectivity index (χ3n) is 4.14. The van der Waals surface area contributed by atoms with E-state index in [0.717, 1.165) is 24.2 Å². The highest BCUT2D eigenvalue weighted by Gasteiger charge is 2.11. The molecule has 0 unspecified atom stereocenters. The van der Waals surface area contributed by atoms with Crippen molar-refractivity contribution in [1.29, 1.82) is 0 Å². The van der Waals surface area contributed by atoms with Crippen LogP contribution in [0.4, 0.5) is 11.5 Å². The number of carbonyl (C=O) groups excluding carboxylic acids is 1. The van der Waals surface area contributed by atoms with Gasteiger partial charge >= 0.3 is 0 Å². The number of benzene rings is 1. The molecule has 0 saturated carbocycles. The number of amides is 1. The second kappa shape index (κ2) is 9.29. The lowest BCUT2D eigenvalue weighted by atomic mass is 9.98. The first-order chi connectivity index (χ1) is 12.4. The molecule has 0 bridgehead atoms. The first-order valence-corrected chi connectivity index (χ1v) is 9.01. The lowest BCUT2D eigenvalue weighted by Gasteiger charge is -2.16. The molecule has 1 amide bonds. The first kappa shape index (κ1) is 19.8. The van der Waals surface area contributed by atoms with Gasteiger partial charge in [0.05, 0.1) is 0 Å². The van der Waals surface area contributed by atoms with Crippen molar-refractivity contribution in [2.75, 3.05) is 32.5 Å². The van der Waals surface area contributed by atoms with Crippen molar-refractivity contribution in [2.24, 2.45) is 0 Å². The van der Waals surface area contributed by atoms with Gasteiger partial charge in [0, 0.05) is 12.2 Å². The van der Waals surface area contributed by atoms with Crippen molar-refractivity contribution < 1.29 is 4.79 Å². The SMILES string of the molecule is Cc1cccc(C(C)C)c1Nc1ccc(C(=O)NCCCN(C)C)nn1. The van der Waals surface area contributed by atoms with E-state index >= 15 is 0 Å². The zero-order valence-corrected chi connectivity index (χ0v) is 16.3. The van der Waals surface area contributed by atoms with E-state index in [0.29, 0.717) is 24.0 Å². The highest BCUT2D eigenvalue weighted by molar-refractivity contribution is 5.92. The highest BCUT2D eigenvalue weighted by Crippen LogP contribution is 2.29. The molecule has 1 aromatic carbocycles. The topological polar surface area (TPSA) is 70.2 Å². The average Bonchev–Trinajstić information content (AvgIpc) is 2.60. The van der Waals surface area contributed by atoms with E-state index in [4.69, 9.17) is 0 Å². The fraction of sp³-hybridized carbons (Fsp3) is 0.450. The van der Waals surface area contributed by atoms with Gasteiger partial charge in [-0.1, -0.05) is 32.0 Å². The van der Waals surface area contributed by atoms with Gasteiger partial charge in [0.2, 0.25) is 0 Å². The van der Waals surface area contributed by atoms with Gasteiger partial charge in [0.15, 0.2) is 11.5 Å². The molecular formula is C20H29N5O. The van der Waals surface area contributed by atoms with E-state index in [1.165, 1.54) is 5.56 Å². The van der Waals surface area contributed by atoms with Crippen LogP contribution < -0.4 is 10.6 Å². The number of nitrogens with zero attached hydrogens (tertiary/aromatic N) is 3. The van der Waals surface area contributed by atoms with Crippen molar-refractivity contribution >= 4 is 17.4 Å². The normalized spacial score (nSPS) is 11.0. The van der Waals surface area contributed by atoms with E-state index in [1.807, 2.05) is 14.1 Å². The fourth-order valence-electron chi connectivity index (χ4n) is 2.68. The molecule has 0 aliphatic heterocycles. The second-order valence-corrected chi connectivity index (χ2v) is 7.04. The van der Waals surface area contributed by atoms with E-state index in [-0.39, 0.29) is 5.91 Å². The van der Waals surface area contributed by atoms with Crippen LogP contribution >= 0.6 is 0 Å². The second-order valence-electron chi connectivity index (χ2n) is 7.04. The van der Waals surface area contributed by atoms with Gasteiger partial charge in [-0.25, -0.2) is 0 Å². The summed E-state index contributed by atoms with van der Waals surface area (Å²) in [5.41, 5.74) is 3.77. The Labute approximate surface area is 156 Å². The van der Waals surface area contributed by atoms with Crippen molar-refractivity contribution in [3.8, 4) is 0 Å². The summed E-state index contributed by atoms with van der Waals surface area (Å²) in [6.45, 7) is 7.95. The van der Waals surface area contributed by atoms with E-state index in [1.54, 1.807) is 12.1 Å². The summed E-state index contributed by atoms with van der Waals surface area (Å²) in [5, 5.41) is 14.4. The largest absolute Gasteiger partial charge is 0.351 e. The minimum absolute atomic E-state index is 0.193. The molecule has 6 nitrogen and oxygen atoms in total. The number of hydrogen-bond donors (Lipinski definition) is 2. The summed E-state index contributed by atoms with van der Waals surface area (Å²) in [6, 6.07) is 9.73. The maximum absolute atomic E-state index is 12.1. The molecule has 1 aromatic heterocycles. The van der Waals surface area contributed by atoms with Gasteiger partial charge in [-0.05, 0) is 63.2 Å². The maximum Gasteiger partial charge on any atom is 0.271 e. The number of aryl methyl sites for hydroxylation is 1. The molecule has 0 aliphatic rings. The Balaban J connectivity index is 2.01. The molecule has 2 N–H and O–H groups in total. The molecule has 2 rings (SSSR count). The zero-order chi connectivity index (χ0) is 19.1. The summed E-state index contributed by atoms with van der Waals surface area (Å²) >= 11 is 0. The van der Waals surface area contributed by atoms with Crippen LogP contribution in [0.1, 0.15) is 47.8 Å². The number of hydrogen-bond acceptors (Lipinski definition) is 5. The quantitative estimate of drug-likeness (QED) is 0.711. The van der Waals surface area contributed by atoms with Gasteiger partial charge in [-0.3, -0.25) is 4.79 Å². The molecule has 2 aromatic rings. The maximum atomic E-state index is 12.1. The van der Waals surface area contributed by atoms with Crippen LogP contribution in [0.25, 0.3) is 0 Å². The molecule has 0 spiro atoms. The lowest BCUT2D eigenvalue weighted by Crippen LogP contribution is -2.28. The van der Waals surface area contributed by atoms with Crippen molar-refractivity contribution in [3.05, 3.63) is 47.2 Å². The molecule has 0 radical (unpaired) electrons. The lowest BCUT2D eigenvalue weighted by molar-refractivity contribution is 0.0946. The molecule has 6 heteroatoms. The summed E-state index contributed by atoms with van der Waals surface area (Å²) < 4.78 is 0. The van der Waals surface area contributed by atoms with Crippen LogP contribution in [0, 0.1) is 6.92 Å². The molecule has 0 aliphatic carbocycles. The van der Waals surface area contributed by atoms with Gasteiger partial charge in [-0.15, -0.1) is 10.2 Å². The van der Waals surface area contributed by atoms with Crippen LogP contribution in [-0.2, 0) is 0 Å². The number of carbonyl (C=O) groups is 1. The first-order valence-electron chi connectivity index (χ1n) is 9.01. The molecule has 140 valence electrons. The Bertz CT molecular complexity index is 725. The average molecular weight is 355 g/mol. The van der Waals surface area contributed by atoms with Crippen molar-refractivity contribution in [2.45, 2.75) is 33.1 Å². The van der Waals surface area contributed by atoms with E-state index in [2.05, 4.69) is 64.7 Å². The number of aromatic nitrogens is 2. The molecule has 26 heavy (non-hydrogen) atoms. The molecule has 1 heterocycles. The van der Waals surface area contributed by atoms with Crippen LogP contribution in [0.2, 0.25) is 0 Å². The van der Waals surface area contributed by atoms with Crippen LogP contribution in [0.3, 0.4) is 0 Å². The third-order valence-corrected chi connectivity index (χ3v) is 4.14. The molecule has 0 atom stereocenters. The van der Waals surface area contributed by atoms with Gasteiger partial charge in [0.25, 0.3) is 5.91 Å². The van der Waals surface area contributed by atoms with E-state index < -0.39 is 0 Å². The Morgan fingerprint density at radius 2 is 1.92 bits per heavy atom. The third kappa shape index (κ3) is 5.52. The fourth-order valence-corrected chi connectivity index (χ4v) is 2.68. The smallest absolute Gasteiger partial charge is 0.271 e. The van der Waals surface area contributed by atoms with Crippen LogP contribution in [0.5, 0.6) is 0 Å². The van der Waals surface area contributed by atoms with Crippen molar-refractivity contribution in [3.63, 3.8) is 0 Å². The Hall–Kier alpha value is -2.47. The number of para-hydroxylation sites is 1. The van der Waals surface area contributed by atoms with Gasteiger partial charge in [-0.2, -0.15) is 0 Å². The molecular weight excluding hydrogens is 326 g/mol.